The minimum Gasteiger partial charge on any atom is -0.309 e. The minimum atomic E-state index is 0.904. The molecule has 0 amide bonds. The van der Waals surface area contributed by atoms with Crippen molar-refractivity contribution in [1.29, 1.82) is 0 Å². The predicted octanol–water partition coefficient (Wildman–Crippen LogP) is 17.3. The van der Waals surface area contributed by atoms with Crippen molar-refractivity contribution in [1.82, 2.24) is 14.1 Å². The fourth-order valence-corrected chi connectivity index (χ4v) is 10.4. The van der Waals surface area contributed by atoms with Gasteiger partial charge in [-0.15, -0.1) is 0 Å². The maximum atomic E-state index is 5.18. The van der Waals surface area contributed by atoms with Gasteiger partial charge < -0.3 is 4.57 Å². The molecule has 0 aliphatic rings. The first-order chi connectivity index (χ1) is 33.7. The zero-order chi connectivity index (χ0) is 45.0. The third-order valence-electron chi connectivity index (χ3n) is 13.6. The highest BCUT2D eigenvalue weighted by Crippen LogP contribution is 2.42. The number of hydrogen-bond donors (Lipinski definition) is 0. The maximum absolute atomic E-state index is 5.18. The van der Waals surface area contributed by atoms with Crippen molar-refractivity contribution in [2.45, 2.75) is 0 Å². The molecule has 0 atom stereocenters. The third-order valence-corrected chi connectivity index (χ3v) is 13.6. The van der Waals surface area contributed by atoms with Crippen LogP contribution >= 0.6 is 0 Å². The van der Waals surface area contributed by atoms with Crippen molar-refractivity contribution in [3.05, 3.63) is 261 Å². The fraction of sp³-hybridized carbons (Fsp3) is 0. The van der Waals surface area contributed by atoms with Gasteiger partial charge in [0.15, 0.2) is 0 Å². The molecular formula is C65H43N3. The van der Waals surface area contributed by atoms with E-state index in [0.29, 0.717) is 0 Å². The molecule has 0 unspecified atom stereocenters. The second kappa shape index (κ2) is 16.4. The summed E-state index contributed by atoms with van der Waals surface area (Å²) in [6.07, 6.45) is 0. The lowest BCUT2D eigenvalue weighted by atomic mass is 9.88. The molecule has 10 aromatic carbocycles. The Morgan fingerprint density at radius 1 is 0.235 bits per heavy atom. The van der Waals surface area contributed by atoms with Crippen LogP contribution in [0.5, 0.6) is 0 Å². The van der Waals surface area contributed by atoms with E-state index >= 15 is 0 Å². The monoisotopic (exact) mass is 865 g/mol. The number of fused-ring (bicyclic) bond motifs is 6. The Balaban J connectivity index is 0.866. The van der Waals surface area contributed by atoms with E-state index < -0.39 is 0 Å². The maximum Gasteiger partial charge on any atom is 0.138 e. The fourth-order valence-electron chi connectivity index (χ4n) is 10.4. The van der Waals surface area contributed by atoms with E-state index in [2.05, 4.69) is 264 Å². The van der Waals surface area contributed by atoms with Crippen molar-refractivity contribution in [3.63, 3.8) is 0 Å². The molecule has 0 fully saturated rings. The van der Waals surface area contributed by atoms with Gasteiger partial charge in [0.1, 0.15) is 5.82 Å². The number of rotatable bonds is 8. The highest BCUT2D eigenvalue weighted by atomic mass is 15.1. The van der Waals surface area contributed by atoms with Crippen LogP contribution in [0.2, 0.25) is 0 Å². The van der Waals surface area contributed by atoms with Gasteiger partial charge in [0.2, 0.25) is 0 Å². The second-order valence-electron chi connectivity index (χ2n) is 17.5. The molecule has 0 radical (unpaired) electrons. The van der Waals surface area contributed by atoms with E-state index in [1.165, 1.54) is 88.2 Å². The zero-order valence-corrected chi connectivity index (χ0v) is 37.2. The molecule has 3 heterocycles. The lowest BCUT2D eigenvalue weighted by Crippen LogP contribution is -1.98. The molecule has 0 aliphatic carbocycles. The second-order valence-corrected chi connectivity index (χ2v) is 17.5. The van der Waals surface area contributed by atoms with Crippen LogP contribution < -0.4 is 0 Å². The quantitative estimate of drug-likeness (QED) is 0.149. The highest BCUT2D eigenvalue weighted by molar-refractivity contribution is 6.12. The van der Waals surface area contributed by atoms with E-state index in [-0.39, 0.29) is 0 Å². The summed E-state index contributed by atoms with van der Waals surface area (Å²) < 4.78 is 4.67. The van der Waals surface area contributed by atoms with E-state index in [0.717, 1.165) is 33.8 Å². The summed E-state index contributed by atoms with van der Waals surface area (Å²) in [7, 11) is 0. The van der Waals surface area contributed by atoms with Gasteiger partial charge in [0.25, 0.3) is 0 Å². The van der Waals surface area contributed by atoms with Gasteiger partial charge in [0.05, 0.1) is 27.8 Å². The first-order valence-corrected chi connectivity index (χ1v) is 23.3. The Kier molecular flexibility index (Phi) is 9.50. The van der Waals surface area contributed by atoms with Gasteiger partial charge in [-0.2, -0.15) is 0 Å². The van der Waals surface area contributed by atoms with Crippen molar-refractivity contribution >= 4 is 43.6 Å². The molecule has 0 bridgehead atoms. The Morgan fingerprint density at radius 3 is 1.24 bits per heavy atom. The van der Waals surface area contributed by atoms with Crippen LogP contribution in [0.3, 0.4) is 0 Å². The Morgan fingerprint density at radius 2 is 0.647 bits per heavy atom. The Bertz CT molecular complexity index is 4030. The largest absolute Gasteiger partial charge is 0.309 e. The normalized spacial score (nSPS) is 11.5. The van der Waals surface area contributed by atoms with Crippen LogP contribution in [0.1, 0.15) is 0 Å². The van der Waals surface area contributed by atoms with Gasteiger partial charge >= 0.3 is 0 Å². The molecule has 3 aromatic heterocycles. The molecule has 3 nitrogen and oxygen atoms in total. The molecule has 0 N–H and O–H groups in total. The van der Waals surface area contributed by atoms with Crippen molar-refractivity contribution in [3.8, 4) is 78.4 Å². The molecule has 318 valence electrons. The van der Waals surface area contributed by atoms with Crippen LogP contribution in [0.15, 0.2) is 261 Å². The molecular weight excluding hydrogens is 823 g/mol. The molecule has 68 heavy (non-hydrogen) atoms. The van der Waals surface area contributed by atoms with Gasteiger partial charge in [-0.1, -0.05) is 188 Å². The minimum absolute atomic E-state index is 0.904. The van der Waals surface area contributed by atoms with Gasteiger partial charge in [-0.3, -0.25) is 4.57 Å². The van der Waals surface area contributed by atoms with E-state index in [4.69, 9.17) is 4.98 Å². The van der Waals surface area contributed by atoms with Crippen LogP contribution in [0.25, 0.3) is 122 Å². The molecule has 0 saturated carbocycles. The number of para-hydroxylation sites is 3. The lowest BCUT2D eigenvalue weighted by molar-refractivity contribution is 1.08. The average molecular weight is 866 g/mol. The summed E-state index contributed by atoms with van der Waals surface area (Å²) in [5.74, 6) is 0.904. The molecule has 0 saturated heterocycles. The lowest BCUT2D eigenvalue weighted by Gasteiger charge is -2.16. The number of benzene rings is 10. The SMILES string of the molecule is c1ccc(-c2cccc(-n3c4ccccc4c4cc(-c5cccc(-c6ccccc6-c6ccccc6-c6cccc(-c7ccc8c(c7)c7ccccc7n8-c7ccccc7)c6)c5)ccc43)n2)cc1. The van der Waals surface area contributed by atoms with Gasteiger partial charge in [0, 0.05) is 32.8 Å². The summed E-state index contributed by atoms with van der Waals surface area (Å²) in [5, 5.41) is 4.90. The van der Waals surface area contributed by atoms with Crippen molar-refractivity contribution in [2.24, 2.45) is 0 Å². The molecule has 3 heteroatoms. The number of aromatic nitrogens is 3. The summed E-state index contributed by atoms with van der Waals surface area (Å²) in [6.45, 7) is 0. The summed E-state index contributed by atoms with van der Waals surface area (Å²) >= 11 is 0. The molecule has 0 aliphatic heterocycles. The summed E-state index contributed by atoms with van der Waals surface area (Å²) in [6, 6.07) is 94.2. The van der Waals surface area contributed by atoms with Gasteiger partial charge in [-0.05, 0) is 128 Å². The van der Waals surface area contributed by atoms with Crippen LogP contribution in [-0.2, 0) is 0 Å². The summed E-state index contributed by atoms with van der Waals surface area (Å²) in [5.41, 5.74) is 19.8. The predicted molar refractivity (Wildman–Crippen MR) is 286 cm³/mol. The summed E-state index contributed by atoms with van der Waals surface area (Å²) in [4.78, 5) is 5.18. The van der Waals surface area contributed by atoms with Crippen LogP contribution in [0.4, 0.5) is 0 Å². The first-order valence-electron chi connectivity index (χ1n) is 23.3. The van der Waals surface area contributed by atoms with Gasteiger partial charge in [-0.25, -0.2) is 4.98 Å². The molecule has 0 spiro atoms. The first kappa shape index (κ1) is 39.3. The van der Waals surface area contributed by atoms with Crippen molar-refractivity contribution in [2.75, 3.05) is 0 Å². The van der Waals surface area contributed by atoms with Crippen molar-refractivity contribution < 1.29 is 0 Å². The smallest absolute Gasteiger partial charge is 0.138 e. The molecule has 13 rings (SSSR count). The molecule has 13 aromatic rings. The zero-order valence-electron chi connectivity index (χ0n) is 37.2. The average Bonchev–Trinajstić information content (AvgIpc) is 3.94. The van der Waals surface area contributed by atoms with E-state index in [1.54, 1.807) is 0 Å². The third kappa shape index (κ3) is 6.71. The highest BCUT2D eigenvalue weighted by Gasteiger charge is 2.18. The topological polar surface area (TPSA) is 22.8 Å². The number of nitrogens with zero attached hydrogens (tertiary/aromatic N) is 3. The van der Waals surface area contributed by atoms with E-state index in [9.17, 15) is 0 Å². The number of pyridine rings is 1. The standard InChI is InChI=1S/C65H43N3/c1-3-18-44(19-4-1)60-32-17-35-65(66-60)68-62-34-14-12-31-57(62)59-43-48(37-39-64(59)68)46-21-16-23-50(41-46)53-27-8-10-29-55(53)54-28-9-7-26-52(54)49-22-15-20-45(40-49)47-36-38-63-58(42-47)56-30-11-13-33-61(56)67(63)51-24-5-2-6-25-51/h1-43H. The van der Waals surface area contributed by atoms with Crippen LogP contribution in [-0.4, -0.2) is 14.1 Å². The van der Waals surface area contributed by atoms with E-state index in [1.807, 2.05) is 6.07 Å². The number of hydrogen-bond acceptors (Lipinski definition) is 1. The van der Waals surface area contributed by atoms with Crippen LogP contribution in [0, 0.1) is 0 Å². The Labute approximate surface area is 395 Å². The Hall–Kier alpha value is -9.05.